The predicted molar refractivity (Wildman–Crippen MR) is 129 cm³/mol. The Labute approximate surface area is 201 Å². The molecule has 0 unspecified atom stereocenters. The van der Waals surface area contributed by atoms with Crippen molar-refractivity contribution in [3.05, 3.63) is 28.1 Å². The second kappa shape index (κ2) is 11.1. The van der Waals surface area contributed by atoms with Gasteiger partial charge in [-0.05, 0) is 71.3 Å². The number of rotatable bonds is 10. The van der Waals surface area contributed by atoms with E-state index in [0.717, 1.165) is 43.4 Å². The van der Waals surface area contributed by atoms with E-state index in [2.05, 4.69) is 38.1 Å². The van der Waals surface area contributed by atoms with Crippen LogP contribution in [0.2, 0.25) is 0 Å². The summed E-state index contributed by atoms with van der Waals surface area (Å²) in [5, 5.41) is 5.22. The van der Waals surface area contributed by atoms with Crippen LogP contribution in [0.5, 0.6) is 0 Å². The number of carbonyl (C=O) groups excluding carboxylic acids is 1. The van der Waals surface area contributed by atoms with Crippen molar-refractivity contribution in [3.8, 4) is 10.6 Å². The van der Waals surface area contributed by atoms with E-state index < -0.39 is 5.82 Å². The van der Waals surface area contributed by atoms with E-state index in [1.54, 1.807) is 0 Å². The normalized spacial score (nSPS) is 24.5. The number of hydrogen-bond donors (Lipinski definition) is 1. The molecule has 3 fully saturated rings. The van der Waals surface area contributed by atoms with Gasteiger partial charge >= 0.3 is 5.97 Å². The zero-order chi connectivity index (χ0) is 22.5. The molecule has 3 aliphatic rings. The summed E-state index contributed by atoms with van der Waals surface area (Å²) in [6.07, 6.45) is 9.77. The van der Waals surface area contributed by atoms with E-state index >= 15 is 4.39 Å². The fraction of sp³-hybridized carbons (Fsp3) is 0.625. The molecule has 2 atom stereocenters. The number of halogens is 2. The van der Waals surface area contributed by atoms with Gasteiger partial charge in [0, 0.05) is 6.04 Å². The van der Waals surface area contributed by atoms with Crippen molar-refractivity contribution in [3.63, 3.8) is 0 Å². The average molecular weight is 525 g/mol. The third kappa shape index (κ3) is 5.33. The smallest absolute Gasteiger partial charge is 0.311 e. The first-order chi connectivity index (χ1) is 15.6. The molecule has 5 nitrogen and oxygen atoms in total. The molecule has 0 saturated heterocycles. The molecule has 2 aromatic rings. The molecule has 0 radical (unpaired) electrons. The molecule has 5 rings (SSSR count). The number of anilines is 1. The van der Waals surface area contributed by atoms with Gasteiger partial charge in [-0.3, -0.25) is 4.79 Å². The molecule has 2 aromatic heterocycles. The SMILES string of the molecule is CCCCCCCOC(=O)[C@H]1C2CCC(CC2)[C@@H]1Nc1nc(Br)nc(-c2cccs2)c1F. The third-order valence-electron chi connectivity index (χ3n) is 6.87. The van der Waals surface area contributed by atoms with Crippen molar-refractivity contribution in [2.24, 2.45) is 17.8 Å². The summed E-state index contributed by atoms with van der Waals surface area (Å²) in [5.41, 5.74) is 0.275. The molecule has 8 heteroatoms. The minimum atomic E-state index is -0.472. The summed E-state index contributed by atoms with van der Waals surface area (Å²) in [6.45, 7) is 2.66. The maximum atomic E-state index is 15.4. The minimum absolute atomic E-state index is 0.139. The molecule has 174 valence electrons. The summed E-state index contributed by atoms with van der Waals surface area (Å²) < 4.78 is 21.4. The Morgan fingerprint density at radius 1 is 1.19 bits per heavy atom. The molecule has 0 amide bonds. The first kappa shape index (κ1) is 23.6. The molecular formula is C24H31BrFN3O2S. The Hall–Kier alpha value is -1.54. The maximum absolute atomic E-state index is 15.4. The van der Waals surface area contributed by atoms with Crippen LogP contribution in [0, 0.1) is 23.6 Å². The zero-order valence-corrected chi connectivity index (χ0v) is 20.9. The Morgan fingerprint density at radius 2 is 1.94 bits per heavy atom. The Bertz CT molecular complexity index is 903. The molecule has 0 spiro atoms. The third-order valence-corrected chi connectivity index (χ3v) is 8.10. The van der Waals surface area contributed by atoms with E-state index in [9.17, 15) is 4.79 Å². The lowest BCUT2D eigenvalue weighted by Gasteiger charge is -2.47. The van der Waals surface area contributed by atoms with Gasteiger partial charge in [0.05, 0.1) is 17.4 Å². The highest BCUT2D eigenvalue weighted by Gasteiger charge is 2.48. The molecule has 3 aliphatic carbocycles. The van der Waals surface area contributed by atoms with Gasteiger partial charge in [0.1, 0.15) is 5.69 Å². The van der Waals surface area contributed by atoms with Gasteiger partial charge in [0.15, 0.2) is 16.4 Å². The number of aromatic nitrogens is 2. The summed E-state index contributed by atoms with van der Waals surface area (Å²) in [6, 6.07) is 3.55. The molecule has 0 aliphatic heterocycles. The Morgan fingerprint density at radius 3 is 2.66 bits per heavy atom. The summed E-state index contributed by atoms with van der Waals surface area (Å²) >= 11 is 4.76. The van der Waals surface area contributed by atoms with Crippen molar-refractivity contribution in [2.75, 3.05) is 11.9 Å². The fourth-order valence-electron chi connectivity index (χ4n) is 5.22. The van der Waals surface area contributed by atoms with Gasteiger partial charge in [0.25, 0.3) is 0 Å². The summed E-state index contributed by atoms with van der Waals surface area (Å²) in [5.74, 6) is -0.100. The molecule has 3 saturated carbocycles. The number of hydrogen-bond acceptors (Lipinski definition) is 6. The fourth-order valence-corrected chi connectivity index (χ4v) is 6.28. The number of fused-ring (bicyclic) bond motifs is 3. The highest BCUT2D eigenvalue weighted by Crippen LogP contribution is 2.47. The van der Waals surface area contributed by atoms with Crippen LogP contribution >= 0.6 is 27.3 Å². The van der Waals surface area contributed by atoms with E-state index in [1.807, 2.05) is 17.5 Å². The number of ether oxygens (including phenoxy) is 1. The number of nitrogens with zero attached hydrogens (tertiary/aromatic N) is 2. The molecule has 2 heterocycles. The number of unbranched alkanes of at least 4 members (excludes halogenated alkanes) is 4. The lowest BCUT2D eigenvalue weighted by Crippen LogP contribution is -2.52. The quantitative estimate of drug-likeness (QED) is 0.210. The molecule has 32 heavy (non-hydrogen) atoms. The maximum Gasteiger partial charge on any atom is 0.311 e. The van der Waals surface area contributed by atoms with E-state index in [1.165, 1.54) is 30.6 Å². The second-order valence-corrected chi connectivity index (χ2v) is 10.6. The Balaban J connectivity index is 1.48. The molecule has 0 aromatic carbocycles. The van der Waals surface area contributed by atoms with Gasteiger partial charge in [-0.2, -0.15) is 0 Å². The number of esters is 1. The molecular weight excluding hydrogens is 493 g/mol. The van der Waals surface area contributed by atoms with E-state index in [-0.39, 0.29) is 35.4 Å². The van der Waals surface area contributed by atoms with Crippen molar-refractivity contribution < 1.29 is 13.9 Å². The second-order valence-electron chi connectivity index (χ2n) is 8.93. The van der Waals surface area contributed by atoms with Gasteiger partial charge in [-0.1, -0.05) is 38.7 Å². The molecule has 1 N–H and O–H groups in total. The van der Waals surface area contributed by atoms with Crippen molar-refractivity contribution in [1.82, 2.24) is 9.97 Å². The van der Waals surface area contributed by atoms with Crippen molar-refractivity contribution in [1.29, 1.82) is 0 Å². The van der Waals surface area contributed by atoms with Crippen LogP contribution in [0.4, 0.5) is 10.2 Å². The summed E-state index contributed by atoms with van der Waals surface area (Å²) in [4.78, 5) is 22.4. The van der Waals surface area contributed by atoms with Crippen molar-refractivity contribution >= 4 is 39.1 Å². The highest BCUT2D eigenvalue weighted by atomic mass is 79.9. The van der Waals surface area contributed by atoms with E-state index in [0.29, 0.717) is 17.3 Å². The zero-order valence-electron chi connectivity index (χ0n) is 18.5. The van der Waals surface area contributed by atoms with Gasteiger partial charge in [0.2, 0.25) is 0 Å². The van der Waals surface area contributed by atoms with Crippen LogP contribution in [-0.2, 0) is 9.53 Å². The van der Waals surface area contributed by atoms with Crippen LogP contribution in [0.3, 0.4) is 0 Å². The van der Waals surface area contributed by atoms with Crippen LogP contribution in [0.15, 0.2) is 22.2 Å². The number of carbonyl (C=O) groups is 1. The predicted octanol–water partition coefficient (Wildman–Crippen LogP) is 6.84. The van der Waals surface area contributed by atoms with Gasteiger partial charge in [-0.15, -0.1) is 11.3 Å². The van der Waals surface area contributed by atoms with Gasteiger partial charge < -0.3 is 10.1 Å². The largest absolute Gasteiger partial charge is 0.465 e. The standard InChI is InChI=1S/C24H31BrFN3O2S/c1-2-3-4-5-6-13-31-23(30)18-15-9-11-16(12-10-15)20(18)27-22-19(26)21(28-24(25)29-22)17-8-7-14-32-17/h7-8,14-16,18,20H,2-6,9-13H2,1H3,(H,27,28,29)/t15?,16?,18-,20-/m0/s1. The van der Waals surface area contributed by atoms with Crippen LogP contribution < -0.4 is 5.32 Å². The lowest BCUT2D eigenvalue weighted by atomic mass is 9.61. The summed E-state index contributed by atoms with van der Waals surface area (Å²) in [7, 11) is 0. The number of thiophene rings is 1. The van der Waals surface area contributed by atoms with Crippen LogP contribution in [-0.4, -0.2) is 28.6 Å². The van der Waals surface area contributed by atoms with Crippen molar-refractivity contribution in [2.45, 2.75) is 70.8 Å². The van der Waals surface area contributed by atoms with E-state index in [4.69, 9.17) is 4.74 Å². The van der Waals surface area contributed by atoms with Crippen LogP contribution in [0.25, 0.3) is 10.6 Å². The number of nitrogens with one attached hydrogen (secondary N) is 1. The monoisotopic (exact) mass is 523 g/mol. The van der Waals surface area contributed by atoms with Crippen LogP contribution in [0.1, 0.15) is 64.7 Å². The Kier molecular flexibility index (Phi) is 8.16. The average Bonchev–Trinajstić information content (AvgIpc) is 3.33. The van der Waals surface area contributed by atoms with Gasteiger partial charge in [-0.25, -0.2) is 14.4 Å². The first-order valence-corrected chi connectivity index (χ1v) is 13.5. The highest BCUT2D eigenvalue weighted by molar-refractivity contribution is 9.10. The first-order valence-electron chi connectivity index (χ1n) is 11.8. The topological polar surface area (TPSA) is 64.1 Å². The minimum Gasteiger partial charge on any atom is -0.465 e. The lowest BCUT2D eigenvalue weighted by molar-refractivity contribution is -0.155. The molecule has 2 bridgehead atoms.